The van der Waals surface area contributed by atoms with Crippen LogP contribution in [0.4, 0.5) is 4.79 Å². The van der Waals surface area contributed by atoms with Crippen LogP contribution in [0.15, 0.2) is 0 Å². The van der Waals surface area contributed by atoms with Crippen molar-refractivity contribution in [2.75, 3.05) is 6.61 Å². The number of nitrogens with one attached hydrogen (secondary N) is 2. The highest BCUT2D eigenvalue weighted by Gasteiger charge is 2.22. The van der Waals surface area contributed by atoms with E-state index in [1.807, 2.05) is 6.92 Å². The monoisotopic (exact) mass is 230 g/mol. The van der Waals surface area contributed by atoms with Crippen LogP contribution in [0.1, 0.15) is 26.7 Å². The predicted molar refractivity (Wildman–Crippen MR) is 57.2 cm³/mol. The number of rotatable bonds is 3. The maximum absolute atomic E-state index is 11.4. The number of ether oxygens (including phenoxy) is 1. The summed E-state index contributed by atoms with van der Waals surface area (Å²) in [5.74, 6) is -1.05. The van der Waals surface area contributed by atoms with Crippen LogP contribution in [0, 0.1) is 0 Å². The molecular formula is C10H18N2O4. The molecule has 0 aromatic rings. The SMILES string of the molecule is CC1CC(NC(=O)N[C@H](C)C(=O)O)CCO1. The fourth-order valence-electron chi connectivity index (χ4n) is 1.61. The van der Waals surface area contributed by atoms with Crippen molar-refractivity contribution in [2.45, 2.75) is 44.9 Å². The smallest absolute Gasteiger partial charge is 0.325 e. The maximum Gasteiger partial charge on any atom is 0.325 e. The lowest BCUT2D eigenvalue weighted by atomic mass is 10.0. The molecule has 1 rings (SSSR count). The van der Waals surface area contributed by atoms with Gasteiger partial charge in [-0.2, -0.15) is 0 Å². The van der Waals surface area contributed by atoms with Gasteiger partial charge in [-0.1, -0.05) is 0 Å². The number of hydrogen-bond acceptors (Lipinski definition) is 3. The summed E-state index contributed by atoms with van der Waals surface area (Å²) in [6, 6.07) is -1.25. The molecule has 0 aliphatic carbocycles. The van der Waals surface area contributed by atoms with Gasteiger partial charge in [0.1, 0.15) is 6.04 Å². The number of aliphatic carboxylic acids is 1. The van der Waals surface area contributed by atoms with Gasteiger partial charge in [-0.3, -0.25) is 4.79 Å². The van der Waals surface area contributed by atoms with E-state index < -0.39 is 18.0 Å². The number of hydrogen-bond donors (Lipinski definition) is 3. The molecule has 16 heavy (non-hydrogen) atoms. The van der Waals surface area contributed by atoms with E-state index in [4.69, 9.17) is 9.84 Å². The number of amides is 2. The number of urea groups is 1. The van der Waals surface area contributed by atoms with Crippen LogP contribution in [-0.4, -0.2) is 41.9 Å². The van der Waals surface area contributed by atoms with Crippen LogP contribution in [0.2, 0.25) is 0 Å². The van der Waals surface area contributed by atoms with Crippen molar-refractivity contribution in [2.24, 2.45) is 0 Å². The van der Waals surface area contributed by atoms with E-state index in [1.54, 1.807) is 0 Å². The van der Waals surface area contributed by atoms with E-state index in [0.717, 1.165) is 12.8 Å². The lowest BCUT2D eigenvalue weighted by molar-refractivity contribution is -0.138. The molecular weight excluding hydrogens is 212 g/mol. The first kappa shape index (κ1) is 12.8. The highest BCUT2D eigenvalue weighted by atomic mass is 16.5. The first-order chi connectivity index (χ1) is 7.49. The van der Waals surface area contributed by atoms with Crippen molar-refractivity contribution in [1.82, 2.24) is 10.6 Å². The molecule has 92 valence electrons. The zero-order valence-corrected chi connectivity index (χ0v) is 9.53. The lowest BCUT2D eigenvalue weighted by Crippen LogP contribution is -2.49. The van der Waals surface area contributed by atoms with E-state index in [9.17, 15) is 9.59 Å². The van der Waals surface area contributed by atoms with Crippen LogP contribution in [0.5, 0.6) is 0 Å². The predicted octanol–water partition coefficient (Wildman–Crippen LogP) is 0.326. The topological polar surface area (TPSA) is 87.7 Å². The largest absolute Gasteiger partial charge is 0.480 e. The Labute approximate surface area is 94.3 Å². The first-order valence-corrected chi connectivity index (χ1v) is 5.40. The standard InChI is InChI=1S/C10H18N2O4/c1-6-5-8(3-4-16-6)12-10(15)11-7(2)9(13)14/h6-8H,3-5H2,1-2H3,(H,13,14)(H2,11,12,15)/t6?,7-,8?/m1/s1. The quantitative estimate of drug-likeness (QED) is 0.651. The molecule has 3 atom stereocenters. The lowest BCUT2D eigenvalue weighted by Gasteiger charge is -2.28. The van der Waals surface area contributed by atoms with E-state index in [-0.39, 0.29) is 12.1 Å². The number of carboxylic acids is 1. The molecule has 2 unspecified atom stereocenters. The van der Waals surface area contributed by atoms with Crippen LogP contribution in [0.25, 0.3) is 0 Å². The Hall–Kier alpha value is -1.30. The Balaban J connectivity index is 2.30. The van der Waals surface area contributed by atoms with Crippen LogP contribution < -0.4 is 10.6 Å². The van der Waals surface area contributed by atoms with Gasteiger partial charge >= 0.3 is 12.0 Å². The van der Waals surface area contributed by atoms with E-state index in [2.05, 4.69) is 10.6 Å². The molecule has 1 fully saturated rings. The summed E-state index contributed by atoms with van der Waals surface area (Å²) in [7, 11) is 0. The van der Waals surface area contributed by atoms with Gasteiger partial charge in [0.15, 0.2) is 0 Å². The van der Waals surface area contributed by atoms with Gasteiger partial charge in [-0.05, 0) is 26.7 Å². The summed E-state index contributed by atoms with van der Waals surface area (Å²) in [5.41, 5.74) is 0. The van der Waals surface area contributed by atoms with Crippen molar-refractivity contribution in [1.29, 1.82) is 0 Å². The Morgan fingerprint density at radius 2 is 2.19 bits per heavy atom. The zero-order valence-electron chi connectivity index (χ0n) is 9.53. The molecule has 0 radical (unpaired) electrons. The summed E-state index contributed by atoms with van der Waals surface area (Å²) in [5, 5.41) is 13.7. The zero-order chi connectivity index (χ0) is 12.1. The molecule has 0 saturated carbocycles. The third kappa shape index (κ3) is 4.06. The fourth-order valence-corrected chi connectivity index (χ4v) is 1.61. The molecule has 6 nitrogen and oxygen atoms in total. The van der Waals surface area contributed by atoms with Crippen LogP contribution >= 0.6 is 0 Å². The molecule has 1 saturated heterocycles. The van der Waals surface area contributed by atoms with Gasteiger partial charge in [0, 0.05) is 12.6 Å². The number of carbonyl (C=O) groups is 2. The molecule has 2 amide bonds. The summed E-state index contributed by atoms with van der Waals surface area (Å²) >= 11 is 0. The normalized spacial score (nSPS) is 26.9. The highest BCUT2D eigenvalue weighted by Crippen LogP contribution is 2.12. The Morgan fingerprint density at radius 1 is 1.50 bits per heavy atom. The highest BCUT2D eigenvalue weighted by molar-refractivity contribution is 5.82. The average molecular weight is 230 g/mol. The minimum Gasteiger partial charge on any atom is -0.480 e. The van der Waals surface area contributed by atoms with Crippen LogP contribution in [-0.2, 0) is 9.53 Å². The Morgan fingerprint density at radius 3 is 2.75 bits per heavy atom. The Bertz CT molecular complexity index is 270. The van der Waals surface area contributed by atoms with Crippen molar-refractivity contribution < 1.29 is 19.4 Å². The van der Waals surface area contributed by atoms with Gasteiger partial charge in [0.05, 0.1) is 6.10 Å². The minimum atomic E-state index is -1.05. The second-order valence-electron chi connectivity index (χ2n) is 4.08. The van der Waals surface area contributed by atoms with Gasteiger partial charge < -0.3 is 20.5 Å². The molecule has 0 aromatic carbocycles. The summed E-state index contributed by atoms with van der Waals surface area (Å²) in [4.78, 5) is 21.9. The summed E-state index contributed by atoms with van der Waals surface area (Å²) in [6.45, 7) is 4.00. The average Bonchev–Trinajstić information content (AvgIpc) is 2.16. The molecule has 3 N–H and O–H groups in total. The second-order valence-corrected chi connectivity index (χ2v) is 4.08. The van der Waals surface area contributed by atoms with E-state index >= 15 is 0 Å². The summed E-state index contributed by atoms with van der Waals surface area (Å²) < 4.78 is 5.34. The van der Waals surface area contributed by atoms with Crippen molar-refractivity contribution in [3.63, 3.8) is 0 Å². The third-order valence-corrected chi connectivity index (χ3v) is 2.54. The molecule has 0 spiro atoms. The van der Waals surface area contributed by atoms with E-state index in [1.165, 1.54) is 6.92 Å². The van der Waals surface area contributed by atoms with Gasteiger partial charge in [-0.25, -0.2) is 4.79 Å². The van der Waals surface area contributed by atoms with Crippen molar-refractivity contribution in [3.05, 3.63) is 0 Å². The summed E-state index contributed by atoms with van der Waals surface area (Å²) in [6.07, 6.45) is 1.66. The minimum absolute atomic E-state index is 0.0599. The third-order valence-electron chi connectivity index (χ3n) is 2.54. The molecule has 1 heterocycles. The van der Waals surface area contributed by atoms with Crippen LogP contribution in [0.3, 0.4) is 0 Å². The second kappa shape index (κ2) is 5.69. The van der Waals surface area contributed by atoms with Gasteiger partial charge in [0.2, 0.25) is 0 Å². The molecule has 1 aliphatic rings. The van der Waals surface area contributed by atoms with Crippen molar-refractivity contribution in [3.8, 4) is 0 Å². The maximum atomic E-state index is 11.4. The van der Waals surface area contributed by atoms with Gasteiger partial charge in [-0.15, -0.1) is 0 Å². The first-order valence-electron chi connectivity index (χ1n) is 5.40. The fraction of sp³-hybridized carbons (Fsp3) is 0.800. The number of carboxylic acid groups (broad SMARTS) is 1. The molecule has 0 aromatic heterocycles. The molecule has 6 heteroatoms. The van der Waals surface area contributed by atoms with Gasteiger partial charge in [0.25, 0.3) is 0 Å². The molecule has 0 bridgehead atoms. The number of carbonyl (C=O) groups excluding carboxylic acids is 1. The van der Waals surface area contributed by atoms with Crippen molar-refractivity contribution >= 4 is 12.0 Å². The Kier molecular flexibility index (Phi) is 4.54. The van der Waals surface area contributed by atoms with E-state index in [0.29, 0.717) is 6.61 Å². The molecule has 1 aliphatic heterocycles.